The Morgan fingerprint density at radius 1 is 1.19 bits per heavy atom. The van der Waals surface area contributed by atoms with E-state index in [1.807, 2.05) is 45.0 Å². The number of ether oxygens (including phenoxy) is 6. The first-order valence-corrected chi connectivity index (χ1v) is 8.90. The molecule has 0 aliphatic carbocycles. The second kappa shape index (κ2) is 7.80. The molecule has 0 amide bonds. The highest BCUT2D eigenvalue weighted by atomic mass is 16.8. The van der Waals surface area contributed by atoms with Crippen molar-refractivity contribution in [1.82, 2.24) is 0 Å². The van der Waals surface area contributed by atoms with Crippen LogP contribution in [-0.4, -0.2) is 61.9 Å². The monoisotopic (exact) mass is 368 g/mol. The minimum Gasteiger partial charge on any atom is -0.497 e. The molecule has 2 saturated heterocycles. The maximum Gasteiger partial charge on any atom is 0.192 e. The number of aliphatic hydroxyl groups is 1. The Morgan fingerprint density at radius 2 is 1.92 bits per heavy atom. The molecule has 4 atom stereocenters. The number of methoxy groups -OCH3 is 1. The van der Waals surface area contributed by atoms with Crippen molar-refractivity contribution in [3.63, 3.8) is 0 Å². The molecule has 2 heterocycles. The fourth-order valence-corrected chi connectivity index (χ4v) is 3.48. The topological polar surface area (TPSA) is 75.6 Å². The summed E-state index contributed by atoms with van der Waals surface area (Å²) in [5.74, 6) is 0.0125. The van der Waals surface area contributed by atoms with E-state index in [0.29, 0.717) is 13.2 Å². The van der Waals surface area contributed by atoms with Gasteiger partial charge in [0, 0.05) is 6.61 Å². The Bertz CT molecular complexity index is 588. The predicted octanol–water partition coefficient (Wildman–Crippen LogP) is 1.86. The Hall–Kier alpha value is -1.22. The first-order valence-electron chi connectivity index (χ1n) is 8.90. The summed E-state index contributed by atoms with van der Waals surface area (Å²) in [6.07, 6.45) is -1.73. The third kappa shape index (κ3) is 3.74. The lowest BCUT2D eigenvalue weighted by molar-refractivity contribution is -0.241. The van der Waals surface area contributed by atoms with E-state index in [4.69, 9.17) is 28.4 Å². The smallest absolute Gasteiger partial charge is 0.192 e. The molecule has 7 heteroatoms. The molecule has 7 nitrogen and oxygen atoms in total. The Kier molecular flexibility index (Phi) is 5.86. The molecular weight excluding hydrogens is 340 g/mol. The fourth-order valence-electron chi connectivity index (χ4n) is 3.48. The van der Waals surface area contributed by atoms with Gasteiger partial charge in [0.25, 0.3) is 0 Å². The summed E-state index contributed by atoms with van der Waals surface area (Å²) in [5, 5.41) is 9.79. The predicted molar refractivity (Wildman–Crippen MR) is 92.8 cm³/mol. The lowest BCUT2D eigenvalue weighted by Crippen LogP contribution is -2.53. The number of hydrogen-bond acceptors (Lipinski definition) is 7. The SMILES string of the molecule is CCO[C@@H]1O[C@H](CO)[C@@H](OCc2ccc(OC)cc2)[C@@]12COC(C)(C)O2. The van der Waals surface area contributed by atoms with Crippen LogP contribution in [0.5, 0.6) is 5.75 Å². The zero-order chi connectivity index (χ0) is 18.8. The molecule has 26 heavy (non-hydrogen) atoms. The van der Waals surface area contributed by atoms with E-state index in [1.165, 1.54) is 0 Å². The molecule has 2 aliphatic rings. The number of hydrogen-bond donors (Lipinski definition) is 1. The second-order valence-electron chi connectivity index (χ2n) is 6.97. The zero-order valence-corrected chi connectivity index (χ0v) is 15.8. The molecule has 0 unspecified atom stereocenters. The Balaban J connectivity index is 1.78. The zero-order valence-electron chi connectivity index (χ0n) is 15.8. The summed E-state index contributed by atoms with van der Waals surface area (Å²) in [6.45, 7) is 6.46. The first-order chi connectivity index (χ1) is 12.4. The summed E-state index contributed by atoms with van der Waals surface area (Å²) in [6, 6.07) is 7.63. The van der Waals surface area contributed by atoms with Crippen molar-refractivity contribution in [2.75, 3.05) is 26.9 Å². The summed E-state index contributed by atoms with van der Waals surface area (Å²) in [4.78, 5) is 0. The third-order valence-electron chi connectivity index (χ3n) is 4.68. The second-order valence-corrected chi connectivity index (χ2v) is 6.97. The quantitative estimate of drug-likeness (QED) is 0.787. The summed E-state index contributed by atoms with van der Waals surface area (Å²) in [7, 11) is 1.63. The molecule has 2 aliphatic heterocycles. The van der Waals surface area contributed by atoms with Crippen LogP contribution in [0.25, 0.3) is 0 Å². The fraction of sp³-hybridized carbons (Fsp3) is 0.684. The number of rotatable bonds is 7. The third-order valence-corrected chi connectivity index (χ3v) is 4.68. The van der Waals surface area contributed by atoms with Gasteiger partial charge in [0.2, 0.25) is 0 Å². The largest absolute Gasteiger partial charge is 0.497 e. The Labute approximate surface area is 154 Å². The molecule has 146 valence electrons. The van der Waals surface area contributed by atoms with Crippen LogP contribution in [0.1, 0.15) is 26.3 Å². The van der Waals surface area contributed by atoms with Crippen molar-refractivity contribution in [2.24, 2.45) is 0 Å². The lowest BCUT2D eigenvalue weighted by Gasteiger charge is -2.33. The van der Waals surface area contributed by atoms with Crippen LogP contribution in [0.15, 0.2) is 24.3 Å². The van der Waals surface area contributed by atoms with E-state index in [-0.39, 0.29) is 13.2 Å². The van der Waals surface area contributed by atoms with Gasteiger partial charge < -0.3 is 33.5 Å². The van der Waals surface area contributed by atoms with Crippen molar-refractivity contribution in [3.8, 4) is 5.75 Å². The van der Waals surface area contributed by atoms with Crippen molar-refractivity contribution in [2.45, 2.75) is 57.3 Å². The van der Waals surface area contributed by atoms with E-state index in [9.17, 15) is 5.11 Å². The minimum absolute atomic E-state index is 0.192. The van der Waals surface area contributed by atoms with Gasteiger partial charge in [-0.15, -0.1) is 0 Å². The van der Waals surface area contributed by atoms with Crippen LogP contribution < -0.4 is 4.74 Å². The molecule has 0 bridgehead atoms. The molecule has 0 radical (unpaired) electrons. The van der Waals surface area contributed by atoms with Crippen LogP contribution in [0, 0.1) is 0 Å². The van der Waals surface area contributed by atoms with Crippen molar-refractivity contribution < 1.29 is 33.5 Å². The van der Waals surface area contributed by atoms with Crippen molar-refractivity contribution in [3.05, 3.63) is 29.8 Å². The maximum atomic E-state index is 9.79. The highest BCUT2D eigenvalue weighted by Crippen LogP contribution is 2.45. The van der Waals surface area contributed by atoms with E-state index in [0.717, 1.165) is 11.3 Å². The van der Waals surface area contributed by atoms with Gasteiger partial charge in [-0.05, 0) is 38.5 Å². The van der Waals surface area contributed by atoms with Gasteiger partial charge in [0.1, 0.15) is 18.0 Å². The number of benzene rings is 1. The van der Waals surface area contributed by atoms with Gasteiger partial charge >= 0.3 is 0 Å². The van der Waals surface area contributed by atoms with E-state index in [1.54, 1.807) is 7.11 Å². The highest BCUT2D eigenvalue weighted by molar-refractivity contribution is 5.26. The summed E-state index contributed by atoms with van der Waals surface area (Å²) < 4.78 is 35.0. The van der Waals surface area contributed by atoms with E-state index >= 15 is 0 Å². The van der Waals surface area contributed by atoms with Gasteiger partial charge in [-0.1, -0.05) is 12.1 Å². The van der Waals surface area contributed by atoms with Gasteiger partial charge in [-0.25, -0.2) is 0 Å². The summed E-state index contributed by atoms with van der Waals surface area (Å²) >= 11 is 0. The average molecular weight is 368 g/mol. The molecule has 0 aromatic heterocycles. The first kappa shape index (κ1) is 19.5. The Morgan fingerprint density at radius 3 is 2.46 bits per heavy atom. The molecular formula is C19H28O7. The maximum absolute atomic E-state index is 9.79. The van der Waals surface area contributed by atoms with Crippen LogP contribution in [-0.2, 0) is 30.3 Å². The van der Waals surface area contributed by atoms with Gasteiger partial charge in [0.05, 0.1) is 26.9 Å². The highest BCUT2D eigenvalue weighted by Gasteiger charge is 2.64. The molecule has 0 saturated carbocycles. The van der Waals surface area contributed by atoms with Crippen LogP contribution in [0.4, 0.5) is 0 Å². The van der Waals surface area contributed by atoms with E-state index < -0.39 is 29.9 Å². The average Bonchev–Trinajstić information content (AvgIpc) is 3.11. The van der Waals surface area contributed by atoms with Crippen LogP contribution >= 0.6 is 0 Å². The molecule has 1 spiro atoms. The lowest BCUT2D eigenvalue weighted by atomic mass is 9.95. The van der Waals surface area contributed by atoms with Gasteiger partial charge in [-0.2, -0.15) is 0 Å². The van der Waals surface area contributed by atoms with Crippen LogP contribution in [0.2, 0.25) is 0 Å². The molecule has 3 rings (SSSR count). The molecule has 2 fully saturated rings. The van der Waals surface area contributed by atoms with Gasteiger partial charge in [-0.3, -0.25) is 0 Å². The molecule has 1 aromatic carbocycles. The summed E-state index contributed by atoms with van der Waals surface area (Å²) in [5.41, 5.74) is 0.0648. The normalized spacial score (nSPS) is 33.0. The van der Waals surface area contributed by atoms with Gasteiger partial charge in [0.15, 0.2) is 17.7 Å². The van der Waals surface area contributed by atoms with Crippen LogP contribution in [0.3, 0.4) is 0 Å². The van der Waals surface area contributed by atoms with Crippen molar-refractivity contribution >= 4 is 0 Å². The van der Waals surface area contributed by atoms with Crippen molar-refractivity contribution in [1.29, 1.82) is 0 Å². The molecule has 1 aromatic rings. The minimum atomic E-state index is -0.917. The molecule has 1 N–H and O–H groups in total. The van der Waals surface area contributed by atoms with E-state index in [2.05, 4.69) is 0 Å². The number of aliphatic hydroxyl groups excluding tert-OH is 1. The standard InChI is InChI=1S/C19H28O7/c1-5-22-17-19(12-24-18(2,3)26-19)16(15(10-20)25-17)23-11-13-6-8-14(21-4)9-7-13/h6-9,15-17,20H,5,10-12H2,1-4H3/t15-,16-,17-,19+/m1/s1.